The fraction of sp³-hybridized carbons (Fsp3) is 0.750. The lowest BCUT2D eigenvalue weighted by atomic mass is 9.88. The second-order valence-corrected chi connectivity index (χ2v) is 3.69. The number of nitrogens with two attached hydrogens (primary N) is 1. The normalized spacial score (nSPS) is 11.6. The zero-order valence-corrected chi connectivity index (χ0v) is 6.70. The summed E-state index contributed by atoms with van der Waals surface area (Å²) in [4.78, 5) is 0. The number of hydrogen-bond acceptors (Lipinski definition) is 1. The van der Waals surface area contributed by atoms with E-state index in [0.29, 0.717) is 12.0 Å². The summed E-state index contributed by atoms with van der Waals surface area (Å²) in [5, 5.41) is 0. The van der Waals surface area contributed by atoms with Crippen LogP contribution in [-0.4, -0.2) is 6.54 Å². The Balaban J connectivity index is 3.60. The molecule has 0 aliphatic rings. The van der Waals surface area contributed by atoms with E-state index < -0.39 is 0 Å². The Morgan fingerprint density at radius 3 is 2.00 bits per heavy atom. The van der Waals surface area contributed by atoms with Gasteiger partial charge in [0.15, 0.2) is 0 Å². The third-order valence-corrected chi connectivity index (χ3v) is 1.07. The van der Waals surface area contributed by atoms with Gasteiger partial charge in [0.2, 0.25) is 0 Å². The molecule has 0 aromatic heterocycles. The van der Waals surface area contributed by atoms with Gasteiger partial charge in [-0.05, 0) is 11.8 Å². The summed E-state index contributed by atoms with van der Waals surface area (Å²) in [5.74, 6) is 0. The van der Waals surface area contributed by atoms with Crippen molar-refractivity contribution >= 4 is 0 Å². The van der Waals surface area contributed by atoms with Crippen LogP contribution >= 0.6 is 0 Å². The zero-order valence-electron chi connectivity index (χ0n) is 6.70. The molecule has 2 N–H and O–H groups in total. The molecule has 54 valence electrons. The smallest absolute Gasteiger partial charge is 0.0134 e. The van der Waals surface area contributed by atoms with E-state index in [0.717, 1.165) is 12.0 Å². The lowest BCUT2D eigenvalue weighted by Crippen LogP contribution is -2.11. The highest BCUT2D eigenvalue weighted by Crippen LogP contribution is 2.21. The van der Waals surface area contributed by atoms with Crippen LogP contribution in [0.4, 0.5) is 0 Å². The minimum absolute atomic E-state index is 0.344. The lowest BCUT2D eigenvalue weighted by Gasteiger charge is -2.18. The molecule has 0 fully saturated rings. The summed E-state index contributed by atoms with van der Waals surface area (Å²) >= 11 is 0. The molecule has 0 saturated heterocycles. The Morgan fingerprint density at radius 1 is 1.44 bits per heavy atom. The molecule has 0 atom stereocenters. The molecular formula is C8H17N. The van der Waals surface area contributed by atoms with Crippen molar-refractivity contribution in [1.82, 2.24) is 0 Å². The minimum atomic E-state index is 0.344. The van der Waals surface area contributed by atoms with Crippen LogP contribution in [-0.2, 0) is 0 Å². The second-order valence-electron chi connectivity index (χ2n) is 3.69. The van der Waals surface area contributed by atoms with Crippen LogP contribution in [0.15, 0.2) is 12.2 Å². The van der Waals surface area contributed by atoms with Gasteiger partial charge in [-0.3, -0.25) is 0 Å². The second kappa shape index (κ2) is 3.02. The van der Waals surface area contributed by atoms with Crippen molar-refractivity contribution in [3.05, 3.63) is 12.2 Å². The van der Waals surface area contributed by atoms with Crippen molar-refractivity contribution in [2.75, 3.05) is 6.54 Å². The molecule has 9 heavy (non-hydrogen) atoms. The largest absolute Gasteiger partial charge is 0.327 e. The Morgan fingerprint density at radius 2 is 1.89 bits per heavy atom. The minimum Gasteiger partial charge on any atom is -0.327 e. The summed E-state index contributed by atoms with van der Waals surface area (Å²) in [5.41, 5.74) is 6.86. The molecular weight excluding hydrogens is 110 g/mol. The quantitative estimate of drug-likeness (QED) is 0.564. The standard InChI is InChI=1S/C8H17N/c1-7(6-9)5-8(2,3)4/h1,5-6,9H2,2-4H3. The molecule has 0 saturated carbocycles. The molecule has 1 nitrogen and oxygen atoms in total. The molecule has 0 aliphatic heterocycles. The van der Waals surface area contributed by atoms with Crippen LogP contribution in [0.5, 0.6) is 0 Å². The first-order chi connectivity index (χ1) is 3.95. The van der Waals surface area contributed by atoms with Crippen LogP contribution in [0.3, 0.4) is 0 Å². The molecule has 0 radical (unpaired) electrons. The highest BCUT2D eigenvalue weighted by Gasteiger charge is 2.10. The molecule has 0 spiro atoms. The van der Waals surface area contributed by atoms with Crippen LogP contribution in [0.1, 0.15) is 27.2 Å². The topological polar surface area (TPSA) is 26.0 Å². The SMILES string of the molecule is C=C(CN)CC(C)(C)C. The van der Waals surface area contributed by atoms with Crippen LogP contribution in [0.25, 0.3) is 0 Å². The Kier molecular flexibility index (Phi) is 2.92. The number of rotatable bonds is 2. The fourth-order valence-corrected chi connectivity index (χ4v) is 0.822. The highest BCUT2D eigenvalue weighted by molar-refractivity contribution is 4.98. The maximum Gasteiger partial charge on any atom is 0.0134 e. The maximum absolute atomic E-state index is 5.38. The van der Waals surface area contributed by atoms with Crippen molar-refractivity contribution in [2.24, 2.45) is 11.1 Å². The van der Waals surface area contributed by atoms with E-state index in [1.807, 2.05) is 0 Å². The van der Waals surface area contributed by atoms with E-state index in [-0.39, 0.29) is 0 Å². The fourth-order valence-electron chi connectivity index (χ4n) is 0.822. The molecule has 0 aromatic rings. The van der Waals surface area contributed by atoms with Gasteiger partial charge in [-0.15, -0.1) is 0 Å². The summed E-state index contributed by atoms with van der Waals surface area (Å²) in [6.07, 6.45) is 1.03. The predicted molar refractivity (Wildman–Crippen MR) is 42.3 cm³/mol. The summed E-state index contributed by atoms with van der Waals surface area (Å²) < 4.78 is 0. The van der Waals surface area contributed by atoms with Gasteiger partial charge in [0.05, 0.1) is 0 Å². The monoisotopic (exact) mass is 127 g/mol. The maximum atomic E-state index is 5.38. The molecule has 0 unspecified atom stereocenters. The zero-order chi connectivity index (χ0) is 7.49. The number of hydrogen-bond donors (Lipinski definition) is 1. The van der Waals surface area contributed by atoms with Gasteiger partial charge in [0, 0.05) is 6.54 Å². The van der Waals surface area contributed by atoms with Gasteiger partial charge in [-0.2, -0.15) is 0 Å². The van der Waals surface area contributed by atoms with Crippen LogP contribution in [0, 0.1) is 5.41 Å². The van der Waals surface area contributed by atoms with E-state index in [4.69, 9.17) is 5.73 Å². The molecule has 0 bridgehead atoms. The van der Waals surface area contributed by atoms with Crippen molar-refractivity contribution < 1.29 is 0 Å². The Labute approximate surface area is 57.9 Å². The van der Waals surface area contributed by atoms with Crippen molar-refractivity contribution in [1.29, 1.82) is 0 Å². The van der Waals surface area contributed by atoms with Gasteiger partial charge < -0.3 is 5.73 Å². The van der Waals surface area contributed by atoms with Gasteiger partial charge in [-0.25, -0.2) is 0 Å². The van der Waals surface area contributed by atoms with E-state index in [1.54, 1.807) is 0 Å². The van der Waals surface area contributed by atoms with Gasteiger partial charge in [0.1, 0.15) is 0 Å². The third kappa shape index (κ3) is 5.57. The van der Waals surface area contributed by atoms with E-state index in [9.17, 15) is 0 Å². The Hall–Kier alpha value is -0.300. The van der Waals surface area contributed by atoms with E-state index >= 15 is 0 Å². The van der Waals surface area contributed by atoms with Gasteiger partial charge in [0.25, 0.3) is 0 Å². The van der Waals surface area contributed by atoms with Crippen LogP contribution < -0.4 is 5.73 Å². The predicted octanol–water partition coefficient (Wildman–Crippen LogP) is 1.94. The summed E-state index contributed by atoms with van der Waals surface area (Å²) in [6, 6.07) is 0. The highest BCUT2D eigenvalue weighted by atomic mass is 14.5. The molecule has 0 aromatic carbocycles. The van der Waals surface area contributed by atoms with Crippen molar-refractivity contribution in [2.45, 2.75) is 27.2 Å². The molecule has 1 heteroatoms. The lowest BCUT2D eigenvalue weighted by molar-refractivity contribution is 0.408. The van der Waals surface area contributed by atoms with Gasteiger partial charge >= 0.3 is 0 Å². The first kappa shape index (κ1) is 8.70. The summed E-state index contributed by atoms with van der Waals surface area (Å²) in [6.45, 7) is 11.0. The first-order valence-electron chi connectivity index (χ1n) is 3.32. The van der Waals surface area contributed by atoms with E-state index in [1.165, 1.54) is 0 Å². The molecule has 0 rings (SSSR count). The Bertz CT molecular complexity index is 97.6. The van der Waals surface area contributed by atoms with Crippen molar-refractivity contribution in [3.63, 3.8) is 0 Å². The van der Waals surface area contributed by atoms with Crippen LogP contribution in [0.2, 0.25) is 0 Å². The van der Waals surface area contributed by atoms with Gasteiger partial charge in [-0.1, -0.05) is 32.9 Å². The third-order valence-electron chi connectivity index (χ3n) is 1.07. The van der Waals surface area contributed by atoms with Crippen molar-refractivity contribution in [3.8, 4) is 0 Å². The molecule has 0 aliphatic carbocycles. The summed E-state index contributed by atoms with van der Waals surface area (Å²) in [7, 11) is 0. The average molecular weight is 127 g/mol. The molecule has 0 heterocycles. The van der Waals surface area contributed by atoms with E-state index in [2.05, 4.69) is 27.4 Å². The molecule has 0 amide bonds. The average Bonchev–Trinajstić information content (AvgIpc) is 1.62. The first-order valence-corrected chi connectivity index (χ1v) is 3.32.